The summed E-state index contributed by atoms with van der Waals surface area (Å²) >= 11 is 4.45. The van der Waals surface area contributed by atoms with Crippen LogP contribution < -0.4 is 4.74 Å². The maximum absolute atomic E-state index is 13.1. The largest absolute Gasteiger partial charge is 0.488 e. The van der Waals surface area contributed by atoms with E-state index in [0.717, 1.165) is 39.2 Å². The van der Waals surface area contributed by atoms with Gasteiger partial charge in [-0.25, -0.2) is 4.39 Å². The molecule has 7 heteroatoms. The molecule has 2 amide bonds. The van der Waals surface area contributed by atoms with Gasteiger partial charge >= 0.3 is 0 Å². The van der Waals surface area contributed by atoms with Crippen LogP contribution in [0, 0.1) is 5.82 Å². The first-order valence-corrected chi connectivity index (χ1v) is 12.5. The first-order chi connectivity index (χ1) is 17.0. The predicted molar refractivity (Wildman–Crippen MR) is 140 cm³/mol. The number of rotatable bonds is 6. The standard InChI is InChI=1S/C28H19BrFNO3S/c29-24-14-19(10-13-25(24)34-17-18-8-11-22(30)12-9-18)15-26-27(32)31(28(33)35-26)16-21-6-3-5-20-4-1-2-7-23(20)21/h1-15H,16-17H2/b26-15-. The molecule has 35 heavy (non-hydrogen) atoms. The van der Waals surface area contributed by atoms with Crippen LogP contribution >= 0.6 is 27.7 Å². The van der Waals surface area contributed by atoms with Crippen molar-refractivity contribution >= 4 is 55.7 Å². The van der Waals surface area contributed by atoms with E-state index in [2.05, 4.69) is 15.9 Å². The molecule has 0 spiro atoms. The predicted octanol–water partition coefficient (Wildman–Crippen LogP) is 7.56. The van der Waals surface area contributed by atoms with Crippen LogP contribution in [0.3, 0.4) is 0 Å². The number of halogens is 2. The molecule has 4 aromatic rings. The molecule has 0 N–H and O–H groups in total. The molecular weight excluding hydrogens is 529 g/mol. The number of imide groups is 1. The molecule has 0 saturated carbocycles. The second-order valence-electron chi connectivity index (χ2n) is 8.01. The number of carbonyl (C=O) groups is 2. The van der Waals surface area contributed by atoms with Crippen molar-refractivity contribution in [3.63, 3.8) is 0 Å². The van der Waals surface area contributed by atoms with Gasteiger partial charge in [0.2, 0.25) is 0 Å². The Labute approximate surface area is 214 Å². The van der Waals surface area contributed by atoms with Gasteiger partial charge in [-0.2, -0.15) is 0 Å². The summed E-state index contributed by atoms with van der Waals surface area (Å²) < 4.78 is 19.6. The van der Waals surface area contributed by atoms with Gasteiger partial charge in [0.05, 0.1) is 15.9 Å². The van der Waals surface area contributed by atoms with E-state index < -0.39 is 0 Å². The average molecular weight is 548 g/mol. The number of fused-ring (bicyclic) bond motifs is 1. The second kappa shape index (κ2) is 10.1. The normalized spacial score (nSPS) is 14.8. The van der Waals surface area contributed by atoms with Crippen molar-refractivity contribution in [2.45, 2.75) is 13.2 Å². The molecule has 0 radical (unpaired) electrons. The molecular formula is C28H19BrFNO3S. The van der Waals surface area contributed by atoms with Gasteiger partial charge in [-0.05, 0) is 85.5 Å². The van der Waals surface area contributed by atoms with Crippen molar-refractivity contribution < 1.29 is 18.7 Å². The van der Waals surface area contributed by atoms with E-state index in [4.69, 9.17) is 4.74 Å². The van der Waals surface area contributed by atoms with Crippen molar-refractivity contribution in [2.75, 3.05) is 0 Å². The van der Waals surface area contributed by atoms with Crippen LogP contribution in [0.1, 0.15) is 16.7 Å². The highest BCUT2D eigenvalue weighted by Crippen LogP contribution is 2.35. The lowest BCUT2D eigenvalue weighted by Gasteiger charge is -2.14. The van der Waals surface area contributed by atoms with Crippen LogP contribution in [-0.2, 0) is 17.9 Å². The minimum atomic E-state index is -0.305. The van der Waals surface area contributed by atoms with Gasteiger partial charge in [0.15, 0.2) is 0 Å². The molecule has 1 heterocycles. The smallest absolute Gasteiger partial charge is 0.293 e. The van der Waals surface area contributed by atoms with Crippen molar-refractivity contribution in [1.29, 1.82) is 0 Å². The Balaban J connectivity index is 1.30. The fourth-order valence-corrected chi connectivity index (χ4v) is 5.20. The molecule has 5 rings (SSSR count). The monoisotopic (exact) mass is 547 g/mol. The van der Waals surface area contributed by atoms with Crippen molar-refractivity contribution in [1.82, 2.24) is 4.90 Å². The van der Waals surface area contributed by atoms with Crippen LogP contribution in [-0.4, -0.2) is 16.0 Å². The Kier molecular flexibility index (Phi) is 6.70. The number of benzene rings is 4. The van der Waals surface area contributed by atoms with Gasteiger partial charge in [-0.3, -0.25) is 14.5 Å². The summed E-state index contributed by atoms with van der Waals surface area (Å²) in [6.45, 7) is 0.522. The van der Waals surface area contributed by atoms with E-state index in [1.165, 1.54) is 17.0 Å². The number of amides is 2. The van der Waals surface area contributed by atoms with Crippen molar-refractivity contribution in [3.05, 3.63) is 117 Å². The van der Waals surface area contributed by atoms with E-state index in [1.54, 1.807) is 24.3 Å². The minimum Gasteiger partial charge on any atom is -0.488 e. The van der Waals surface area contributed by atoms with E-state index >= 15 is 0 Å². The topological polar surface area (TPSA) is 46.6 Å². The van der Waals surface area contributed by atoms with Gasteiger partial charge in [0, 0.05) is 0 Å². The van der Waals surface area contributed by atoms with Crippen LogP contribution in [0.25, 0.3) is 16.8 Å². The quantitative estimate of drug-likeness (QED) is 0.234. The molecule has 0 aliphatic carbocycles. The number of ether oxygens (including phenoxy) is 1. The fourth-order valence-electron chi connectivity index (χ4n) is 3.85. The Morgan fingerprint density at radius 3 is 2.51 bits per heavy atom. The van der Waals surface area contributed by atoms with Crippen LogP contribution in [0.4, 0.5) is 9.18 Å². The number of nitrogens with zero attached hydrogens (tertiary/aromatic N) is 1. The van der Waals surface area contributed by atoms with E-state index in [0.29, 0.717) is 21.7 Å². The maximum Gasteiger partial charge on any atom is 0.293 e. The summed E-state index contributed by atoms with van der Waals surface area (Å²) in [7, 11) is 0. The third kappa shape index (κ3) is 5.16. The molecule has 1 aliphatic rings. The minimum absolute atomic E-state index is 0.225. The maximum atomic E-state index is 13.1. The lowest BCUT2D eigenvalue weighted by atomic mass is 10.0. The van der Waals surface area contributed by atoms with Gasteiger partial charge in [0.25, 0.3) is 11.1 Å². The van der Waals surface area contributed by atoms with E-state index in [1.807, 2.05) is 54.6 Å². The highest BCUT2D eigenvalue weighted by atomic mass is 79.9. The third-order valence-corrected chi connectivity index (χ3v) is 7.17. The van der Waals surface area contributed by atoms with Gasteiger partial charge in [-0.15, -0.1) is 0 Å². The molecule has 1 fully saturated rings. The summed E-state index contributed by atoms with van der Waals surface area (Å²) in [4.78, 5) is 27.4. The Hall–Kier alpha value is -3.42. The highest BCUT2D eigenvalue weighted by molar-refractivity contribution is 9.10. The summed E-state index contributed by atoms with van der Waals surface area (Å²) in [5.41, 5.74) is 2.54. The first kappa shape index (κ1) is 23.3. The zero-order valence-electron chi connectivity index (χ0n) is 18.4. The molecule has 0 bridgehead atoms. The molecule has 0 atom stereocenters. The Bertz CT molecular complexity index is 1460. The SMILES string of the molecule is O=C1S/C(=C\c2ccc(OCc3ccc(F)cc3)c(Br)c2)C(=O)N1Cc1cccc2ccccc12. The molecule has 0 unspecified atom stereocenters. The fraction of sp³-hybridized carbons (Fsp3) is 0.0714. The lowest BCUT2D eigenvalue weighted by molar-refractivity contribution is -0.123. The highest BCUT2D eigenvalue weighted by Gasteiger charge is 2.35. The zero-order valence-corrected chi connectivity index (χ0v) is 20.8. The number of hydrogen-bond acceptors (Lipinski definition) is 4. The van der Waals surface area contributed by atoms with Gasteiger partial charge < -0.3 is 4.74 Å². The first-order valence-electron chi connectivity index (χ1n) is 10.9. The number of hydrogen-bond donors (Lipinski definition) is 0. The summed E-state index contributed by atoms with van der Waals surface area (Å²) in [5, 5.41) is 1.81. The molecule has 4 nitrogen and oxygen atoms in total. The van der Waals surface area contributed by atoms with E-state index in [-0.39, 0.29) is 23.5 Å². The molecule has 1 aliphatic heterocycles. The molecule has 0 aromatic heterocycles. The number of thioether (sulfide) groups is 1. The molecule has 4 aromatic carbocycles. The molecule has 174 valence electrons. The Morgan fingerprint density at radius 1 is 0.943 bits per heavy atom. The van der Waals surface area contributed by atoms with E-state index in [9.17, 15) is 14.0 Å². The van der Waals surface area contributed by atoms with Crippen molar-refractivity contribution in [3.8, 4) is 5.75 Å². The van der Waals surface area contributed by atoms with Crippen molar-refractivity contribution in [2.24, 2.45) is 0 Å². The van der Waals surface area contributed by atoms with Crippen LogP contribution in [0.5, 0.6) is 5.75 Å². The number of carbonyl (C=O) groups excluding carboxylic acids is 2. The summed E-state index contributed by atoms with van der Waals surface area (Å²) in [6, 6.07) is 25.4. The second-order valence-corrected chi connectivity index (χ2v) is 9.86. The van der Waals surface area contributed by atoms with Crippen LogP contribution in [0.2, 0.25) is 0 Å². The third-order valence-electron chi connectivity index (χ3n) is 5.64. The van der Waals surface area contributed by atoms with Crippen LogP contribution in [0.15, 0.2) is 94.3 Å². The summed E-state index contributed by atoms with van der Waals surface area (Å²) in [6.07, 6.45) is 1.71. The lowest BCUT2D eigenvalue weighted by Crippen LogP contribution is -2.27. The Morgan fingerprint density at radius 2 is 1.71 bits per heavy atom. The van der Waals surface area contributed by atoms with Gasteiger partial charge in [0.1, 0.15) is 18.2 Å². The van der Waals surface area contributed by atoms with Gasteiger partial charge in [-0.1, -0.05) is 60.7 Å². The molecule has 1 saturated heterocycles. The zero-order chi connectivity index (χ0) is 24.4. The summed E-state index contributed by atoms with van der Waals surface area (Å²) in [5.74, 6) is 0.0250. The average Bonchev–Trinajstić information content (AvgIpc) is 3.12.